The molecule has 1 aromatic rings. The van der Waals surface area contributed by atoms with Gasteiger partial charge in [-0.05, 0) is 24.1 Å². The van der Waals surface area contributed by atoms with Gasteiger partial charge in [0.15, 0.2) is 0 Å². The molecule has 0 radical (unpaired) electrons. The lowest BCUT2D eigenvalue weighted by molar-refractivity contribution is -0.136. The molecule has 0 heterocycles. The van der Waals surface area contributed by atoms with Crippen LogP contribution < -0.4 is 4.74 Å². The fourth-order valence-electron chi connectivity index (χ4n) is 0.845. The second kappa shape index (κ2) is 4.50. The number of aliphatic carboxylic acids is 1. The van der Waals surface area contributed by atoms with Gasteiger partial charge in [-0.15, -0.1) is 0 Å². The highest BCUT2D eigenvalue weighted by molar-refractivity contribution is 5.67. The van der Waals surface area contributed by atoms with Crippen molar-refractivity contribution in [3.63, 3.8) is 0 Å². The van der Waals surface area contributed by atoms with Crippen LogP contribution in [-0.2, 0) is 11.2 Å². The lowest BCUT2D eigenvalue weighted by Gasteiger charge is -2.01. The van der Waals surface area contributed by atoms with Crippen molar-refractivity contribution in [1.29, 1.82) is 0 Å². The van der Waals surface area contributed by atoms with E-state index < -0.39 is 18.7 Å². The summed E-state index contributed by atoms with van der Waals surface area (Å²) in [6.45, 7) is 0. The molecule has 0 aromatic heterocycles. The van der Waals surface area contributed by atoms with Crippen LogP contribution in [0.4, 0.5) is 0 Å². The highest BCUT2D eigenvalue weighted by Gasteiger charge is 1.98. The van der Waals surface area contributed by atoms with Gasteiger partial charge in [-0.3, -0.25) is 4.79 Å². The summed E-state index contributed by atoms with van der Waals surface area (Å²) < 4.78 is 27.0. The fraction of sp³-hybridized carbons (Fsp3) is 0.300. The zero-order chi connectivity index (χ0) is 12.3. The largest absolute Gasteiger partial charge is 0.497 e. The Hall–Kier alpha value is -1.51. The summed E-state index contributed by atoms with van der Waals surface area (Å²) in [5.74, 6) is -1.06. The van der Waals surface area contributed by atoms with E-state index in [0.717, 1.165) is 0 Å². The third kappa shape index (κ3) is 3.15. The van der Waals surface area contributed by atoms with Gasteiger partial charge >= 0.3 is 5.97 Å². The molecule has 1 atom stereocenters. The van der Waals surface area contributed by atoms with E-state index in [4.69, 9.17) is 14.0 Å². The van der Waals surface area contributed by atoms with Gasteiger partial charge in [0, 0.05) is 10.5 Å². The predicted molar refractivity (Wildman–Crippen MR) is 49.0 cm³/mol. The number of hydrogen-bond donors (Lipinski definition) is 1. The van der Waals surface area contributed by atoms with E-state index >= 15 is 0 Å². The minimum absolute atomic E-state index is 0.299. The van der Waals surface area contributed by atoms with Crippen LogP contribution in [0.15, 0.2) is 24.3 Å². The van der Waals surface area contributed by atoms with Gasteiger partial charge in [0.2, 0.25) is 0 Å². The van der Waals surface area contributed by atoms with Crippen molar-refractivity contribution in [3.05, 3.63) is 29.8 Å². The summed E-state index contributed by atoms with van der Waals surface area (Å²) in [6, 6.07) is 6.10. The van der Waals surface area contributed by atoms with E-state index in [-0.39, 0.29) is 0 Å². The summed E-state index contributed by atoms with van der Waals surface area (Å²) >= 11 is 0. The third-order valence-corrected chi connectivity index (χ3v) is 1.48. The molecule has 3 heteroatoms. The summed E-state index contributed by atoms with van der Waals surface area (Å²) in [7, 11) is 1.49. The summed E-state index contributed by atoms with van der Waals surface area (Å²) in [5.41, 5.74) is 0.299. The zero-order valence-electron chi connectivity index (χ0n) is 10.2. The average Bonchev–Trinajstić information content (AvgIpc) is 2.28. The quantitative estimate of drug-likeness (QED) is 0.773. The van der Waals surface area contributed by atoms with Crippen LogP contribution in [-0.4, -0.2) is 18.2 Å². The number of carboxylic acid groups (broad SMARTS) is 1. The van der Waals surface area contributed by atoms with E-state index in [1.165, 1.54) is 19.2 Å². The molecule has 0 saturated carbocycles. The molecule has 1 aromatic carbocycles. The second-order valence-corrected chi connectivity index (χ2v) is 2.37. The van der Waals surface area contributed by atoms with E-state index in [0.29, 0.717) is 11.3 Å². The number of methoxy groups -OCH3 is 1. The van der Waals surface area contributed by atoms with Gasteiger partial charge in [0.05, 0.1) is 7.11 Å². The number of carboxylic acids is 1. The Bertz CT molecular complexity index is 375. The monoisotopic (exact) mass is 183 g/mol. The molecule has 0 aliphatic carbocycles. The molecule has 13 heavy (non-hydrogen) atoms. The van der Waals surface area contributed by atoms with E-state index in [2.05, 4.69) is 0 Å². The van der Waals surface area contributed by atoms with Gasteiger partial charge < -0.3 is 9.84 Å². The Morgan fingerprint density at radius 1 is 1.54 bits per heavy atom. The second-order valence-electron chi connectivity index (χ2n) is 2.37. The molecule has 1 N–H and O–H groups in total. The summed E-state index contributed by atoms with van der Waals surface area (Å²) in [5, 5.41) is 8.65. The Kier molecular flexibility index (Phi) is 2.08. The highest BCUT2D eigenvalue weighted by Crippen LogP contribution is 2.12. The fourth-order valence-corrected chi connectivity index (χ4v) is 0.845. The molecule has 0 saturated heterocycles. The zero-order valence-corrected chi connectivity index (χ0v) is 7.15. The molecule has 0 amide bonds. The van der Waals surface area contributed by atoms with Gasteiger partial charge in [-0.1, -0.05) is 12.1 Å². The Balaban J connectivity index is 2.96. The first-order valence-electron chi connectivity index (χ1n) is 5.27. The molecule has 0 aliphatic heterocycles. The lowest BCUT2D eigenvalue weighted by Crippen LogP contribution is -1.97. The first-order chi connectivity index (χ1) is 7.39. The van der Waals surface area contributed by atoms with Crippen LogP contribution in [0.25, 0.3) is 0 Å². The minimum atomic E-state index is -2.60. The molecule has 70 valence electrons. The van der Waals surface area contributed by atoms with E-state index in [1.54, 1.807) is 12.1 Å². The van der Waals surface area contributed by atoms with Crippen molar-refractivity contribution < 1.29 is 18.8 Å². The Morgan fingerprint density at radius 3 is 2.62 bits per heavy atom. The molecule has 1 unspecified atom stereocenters. The molecule has 0 fully saturated rings. The number of carbonyl (C=O) groups is 1. The van der Waals surface area contributed by atoms with Crippen molar-refractivity contribution in [2.24, 2.45) is 0 Å². The van der Waals surface area contributed by atoms with Crippen molar-refractivity contribution in [2.75, 3.05) is 7.11 Å². The van der Waals surface area contributed by atoms with Crippen LogP contribution in [0.1, 0.15) is 16.0 Å². The normalized spacial score (nSPS) is 16.5. The van der Waals surface area contributed by atoms with E-state index in [9.17, 15) is 4.79 Å². The number of ether oxygens (including phenoxy) is 1. The maximum Gasteiger partial charge on any atom is 0.303 e. The lowest BCUT2D eigenvalue weighted by atomic mass is 10.1. The smallest absolute Gasteiger partial charge is 0.303 e. The maximum absolute atomic E-state index is 10.6. The molecule has 1 rings (SSSR count). The molecule has 3 nitrogen and oxygen atoms in total. The van der Waals surface area contributed by atoms with Crippen LogP contribution in [0, 0.1) is 0 Å². The van der Waals surface area contributed by atoms with Crippen molar-refractivity contribution in [3.8, 4) is 5.75 Å². The number of aryl methyl sites for hydroxylation is 1. The number of benzene rings is 1. The SMILES string of the molecule is [2H]C(c1ccc(OC)cc1)C([2H])([2H])C(=O)O. The first kappa shape index (κ1) is 6.02. The predicted octanol–water partition coefficient (Wildman–Crippen LogP) is 1.71. The van der Waals surface area contributed by atoms with Crippen LogP contribution in [0.5, 0.6) is 5.75 Å². The molecular weight excluding hydrogens is 168 g/mol. The van der Waals surface area contributed by atoms with Gasteiger partial charge in [-0.2, -0.15) is 0 Å². The average molecular weight is 183 g/mol. The maximum atomic E-state index is 10.6. The topological polar surface area (TPSA) is 46.5 Å². The van der Waals surface area contributed by atoms with Crippen LogP contribution in [0.2, 0.25) is 0 Å². The standard InChI is InChI=1S/C10H12O3/c1-13-9-5-2-8(3-6-9)4-7-10(11)12/h2-3,5-6H,4,7H2,1H3,(H,11,12)/i4D,7D2. The molecule has 0 aliphatic rings. The molecular formula is C10H12O3. The first-order valence-corrected chi connectivity index (χ1v) is 3.69. The Morgan fingerprint density at radius 2 is 2.15 bits per heavy atom. The summed E-state index contributed by atoms with van der Waals surface area (Å²) in [4.78, 5) is 10.6. The molecule has 0 spiro atoms. The highest BCUT2D eigenvalue weighted by atomic mass is 16.5. The van der Waals surface area contributed by atoms with Crippen molar-refractivity contribution >= 4 is 5.97 Å². The van der Waals surface area contributed by atoms with Gasteiger partial charge in [0.1, 0.15) is 5.75 Å². The van der Waals surface area contributed by atoms with Crippen LogP contribution in [0.3, 0.4) is 0 Å². The van der Waals surface area contributed by atoms with Crippen LogP contribution >= 0.6 is 0 Å². The van der Waals surface area contributed by atoms with Crippen molar-refractivity contribution in [1.82, 2.24) is 0 Å². The van der Waals surface area contributed by atoms with Crippen molar-refractivity contribution in [2.45, 2.75) is 12.8 Å². The molecule has 0 bridgehead atoms. The van der Waals surface area contributed by atoms with Gasteiger partial charge in [-0.25, -0.2) is 0 Å². The number of hydrogen-bond acceptors (Lipinski definition) is 2. The summed E-state index contributed by atoms with van der Waals surface area (Å²) in [6.07, 6.45) is -4.06. The van der Waals surface area contributed by atoms with E-state index in [1.807, 2.05) is 0 Å². The third-order valence-electron chi connectivity index (χ3n) is 1.48. The minimum Gasteiger partial charge on any atom is -0.497 e. The van der Waals surface area contributed by atoms with Gasteiger partial charge in [0.25, 0.3) is 0 Å². The number of rotatable bonds is 4. The Labute approximate surface area is 81.2 Å².